The van der Waals surface area contributed by atoms with Crippen LogP contribution in [0.15, 0.2) is 9.72 Å². The minimum absolute atomic E-state index is 0.269. The van der Waals surface area contributed by atoms with Gasteiger partial charge in [-0.25, -0.2) is 22.9 Å². The number of aromatic nitrogens is 1. The third-order valence-electron chi connectivity index (χ3n) is 2.21. The van der Waals surface area contributed by atoms with Gasteiger partial charge < -0.3 is 14.8 Å². The van der Waals surface area contributed by atoms with Gasteiger partial charge >= 0.3 is 5.97 Å². The second-order valence-electron chi connectivity index (χ2n) is 3.65. The van der Waals surface area contributed by atoms with Crippen LogP contribution in [0, 0.1) is 0 Å². The normalized spacial score (nSPS) is 11.1. The molecule has 1 amide bonds. The fourth-order valence-electron chi connectivity index (χ4n) is 1.24. The number of ether oxygens (including phenoxy) is 2. The summed E-state index contributed by atoms with van der Waals surface area (Å²) in [6, 6.07) is 0. The van der Waals surface area contributed by atoms with Crippen LogP contribution in [0.5, 0.6) is 0 Å². The van der Waals surface area contributed by atoms with Crippen LogP contribution in [0.1, 0.15) is 10.5 Å². The largest absolute Gasteiger partial charge is 0.464 e. The number of nitrogens with zero attached hydrogens (tertiary/aromatic N) is 1. The van der Waals surface area contributed by atoms with E-state index in [1.54, 1.807) is 0 Å². The first-order valence-electron chi connectivity index (χ1n) is 5.69. The van der Waals surface area contributed by atoms with Crippen molar-refractivity contribution in [3.63, 3.8) is 0 Å². The summed E-state index contributed by atoms with van der Waals surface area (Å²) in [4.78, 5) is 26.5. The highest BCUT2D eigenvalue weighted by Crippen LogP contribution is 2.20. The summed E-state index contributed by atoms with van der Waals surface area (Å²) in [5.74, 6) is -1.37. The molecule has 0 aliphatic heterocycles. The second-order valence-corrected chi connectivity index (χ2v) is 6.46. The van der Waals surface area contributed by atoms with Crippen LogP contribution >= 0.6 is 11.3 Å². The SMILES string of the molecule is COCCNC(=O)CNS(=O)(=O)c1scnc1C(=O)OC. The third kappa shape index (κ3) is 5.04. The van der Waals surface area contributed by atoms with E-state index in [0.29, 0.717) is 6.61 Å². The number of carbonyl (C=O) groups is 2. The highest BCUT2D eigenvalue weighted by atomic mass is 32.2. The summed E-state index contributed by atoms with van der Waals surface area (Å²) in [6.45, 7) is 0.134. The second kappa shape index (κ2) is 8.02. The lowest BCUT2D eigenvalue weighted by Gasteiger charge is -2.07. The molecule has 0 atom stereocenters. The number of amides is 1. The quantitative estimate of drug-likeness (QED) is 0.459. The first-order valence-corrected chi connectivity index (χ1v) is 8.05. The van der Waals surface area contributed by atoms with Gasteiger partial charge in [-0.2, -0.15) is 0 Å². The Morgan fingerprint density at radius 2 is 2.10 bits per heavy atom. The summed E-state index contributed by atoms with van der Waals surface area (Å²) < 4.78 is 35.0. The maximum Gasteiger partial charge on any atom is 0.358 e. The molecule has 0 aliphatic rings. The van der Waals surface area contributed by atoms with Gasteiger partial charge in [0.1, 0.15) is 0 Å². The zero-order valence-electron chi connectivity index (χ0n) is 11.4. The molecule has 0 saturated carbocycles. The molecule has 0 unspecified atom stereocenters. The summed E-state index contributed by atoms with van der Waals surface area (Å²) in [5, 5.41) is 2.46. The molecule has 21 heavy (non-hydrogen) atoms. The van der Waals surface area contributed by atoms with Crippen molar-refractivity contribution in [3.05, 3.63) is 11.2 Å². The van der Waals surface area contributed by atoms with Gasteiger partial charge in [-0.3, -0.25) is 4.79 Å². The Labute approximate surface area is 125 Å². The van der Waals surface area contributed by atoms with E-state index in [0.717, 1.165) is 18.4 Å². The van der Waals surface area contributed by atoms with E-state index in [-0.39, 0.29) is 16.4 Å². The van der Waals surface area contributed by atoms with Crippen LogP contribution in [-0.4, -0.2) is 59.2 Å². The number of thiazole rings is 1. The van der Waals surface area contributed by atoms with Gasteiger partial charge in [0.25, 0.3) is 10.0 Å². The number of rotatable bonds is 8. The van der Waals surface area contributed by atoms with E-state index in [1.165, 1.54) is 12.6 Å². The minimum Gasteiger partial charge on any atom is -0.464 e. The molecule has 118 valence electrons. The van der Waals surface area contributed by atoms with Gasteiger partial charge in [-0.1, -0.05) is 0 Å². The Bertz CT molecular complexity index is 598. The fourth-order valence-corrected chi connectivity index (χ4v) is 3.40. The van der Waals surface area contributed by atoms with Gasteiger partial charge in [0.05, 0.1) is 25.8 Å². The zero-order chi connectivity index (χ0) is 15.9. The predicted molar refractivity (Wildman–Crippen MR) is 73.5 cm³/mol. The topological polar surface area (TPSA) is 124 Å². The van der Waals surface area contributed by atoms with Crippen LogP contribution in [0.2, 0.25) is 0 Å². The molecule has 0 bridgehead atoms. The Hall–Kier alpha value is -1.56. The number of sulfonamides is 1. The van der Waals surface area contributed by atoms with Gasteiger partial charge in [-0.05, 0) is 0 Å². The molecule has 0 spiro atoms. The smallest absolute Gasteiger partial charge is 0.358 e. The summed E-state index contributed by atoms with van der Waals surface area (Å²) >= 11 is 0.759. The third-order valence-corrected chi connectivity index (χ3v) is 4.98. The molecule has 1 aromatic rings. The van der Waals surface area contributed by atoms with Crippen molar-refractivity contribution in [1.82, 2.24) is 15.0 Å². The van der Waals surface area contributed by atoms with Crippen LogP contribution in [0.4, 0.5) is 0 Å². The van der Waals surface area contributed by atoms with Gasteiger partial charge in [0.2, 0.25) is 5.91 Å². The monoisotopic (exact) mass is 337 g/mol. The number of hydrogen-bond donors (Lipinski definition) is 2. The van der Waals surface area contributed by atoms with Gasteiger partial charge in [0.15, 0.2) is 9.90 Å². The van der Waals surface area contributed by atoms with Crippen LogP contribution < -0.4 is 10.0 Å². The molecule has 11 heteroatoms. The Morgan fingerprint density at radius 1 is 1.38 bits per heavy atom. The van der Waals surface area contributed by atoms with Gasteiger partial charge in [0, 0.05) is 13.7 Å². The molecular formula is C10H15N3O6S2. The molecule has 1 rings (SSSR count). The van der Waals surface area contributed by atoms with Crippen LogP contribution in [0.3, 0.4) is 0 Å². The number of carbonyl (C=O) groups excluding carboxylic acids is 2. The van der Waals surface area contributed by atoms with E-state index in [4.69, 9.17) is 4.74 Å². The van der Waals surface area contributed by atoms with Crippen molar-refractivity contribution in [3.8, 4) is 0 Å². The molecule has 0 aromatic carbocycles. The van der Waals surface area contributed by atoms with E-state index in [2.05, 4.69) is 19.8 Å². The number of hydrogen-bond acceptors (Lipinski definition) is 8. The molecule has 0 saturated heterocycles. The van der Waals surface area contributed by atoms with Crippen LogP contribution in [-0.2, 0) is 24.3 Å². The van der Waals surface area contributed by atoms with Crippen molar-refractivity contribution in [2.24, 2.45) is 0 Å². The number of methoxy groups -OCH3 is 2. The molecule has 0 fully saturated rings. The van der Waals surface area contributed by atoms with E-state index in [1.807, 2.05) is 0 Å². The Balaban J connectivity index is 2.68. The summed E-state index contributed by atoms with van der Waals surface area (Å²) in [7, 11) is -1.42. The first kappa shape index (κ1) is 17.5. The zero-order valence-corrected chi connectivity index (χ0v) is 13.0. The molecule has 1 aromatic heterocycles. The van der Waals surface area contributed by atoms with Crippen molar-refractivity contribution in [2.45, 2.75) is 4.21 Å². The minimum atomic E-state index is -4.02. The number of nitrogens with one attached hydrogen (secondary N) is 2. The lowest BCUT2D eigenvalue weighted by molar-refractivity contribution is -0.120. The number of esters is 1. The molecule has 1 heterocycles. The highest BCUT2D eigenvalue weighted by molar-refractivity contribution is 7.91. The van der Waals surface area contributed by atoms with Crippen molar-refractivity contribution >= 4 is 33.2 Å². The molecular weight excluding hydrogens is 322 g/mol. The van der Waals surface area contributed by atoms with Crippen molar-refractivity contribution in [2.75, 3.05) is 33.9 Å². The Kier molecular flexibility index (Phi) is 6.68. The van der Waals surface area contributed by atoms with E-state index >= 15 is 0 Å². The van der Waals surface area contributed by atoms with Crippen LogP contribution in [0.25, 0.3) is 0 Å². The van der Waals surface area contributed by atoms with Gasteiger partial charge in [-0.15, -0.1) is 11.3 Å². The fraction of sp³-hybridized carbons (Fsp3) is 0.500. The maximum absolute atomic E-state index is 12.0. The van der Waals surface area contributed by atoms with E-state index in [9.17, 15) is 18.0 Å². The highest BCUT2D eigenvalue weighted by Gasteiger charge is 2.26. The standard InChI is InChI=1S/C10H15N3O6S2/c1-18-4-3-11-7(14)5-13-21(16,17)10-8(9(15)19-2)12-6-20-10/h6,13H,3-5H2,1-2H3,(H,11,14). The van der Waals surface area contributed by atoms with E-state index < -0.39 is 28.4 Å². The summed E-state index contributed by atoms with van der Waals surface area (Å²) in [6.07, 6.45) is 0. The van der Waals surface area contributed by atoms with Crippen molar-refractivity contribution in [1.29, 1.82) is 0 Å². The first-order chi connectivity index (χ1) is 9.92. The molecule has 9 nitrogen and oxygen atoms in total. The van der Waals surface area contributed by atoms with Crippen molar-refractivity contribution < 1.29 is 27.5 Å². The summed E-state index contributed by atoms with van der Waals surface area (Å²) in [5.41, 5.74) is 0.897. The average Bonchev–Trinajstić information content (AvgIpc) is 2.95. The molecule has 0 aliphatic carbocycles. The average molecular weight is 337 g/mol. The molecule has 0 radical (unpaired) electrons. The lowest BCUT2D eigenvalue weighted by Crippen LogP contribution is -2.38. The maximum atomic E-state index is 12.0. The Morgan fingerprint density at radius 3 is 2.71 bits per heavy atom. The lowest BCUT2D eigenvalue weighted by atomic mass is 10.5. The predicted octanol–water partition coefficient (Wildman–Crippen LogP) is -1.03. The molecule has 2 N–H and O–H groups in total.